The highest BCUT2D eigenvalue weighted by Crippen LogP contribution is 2.30. The van der Waals surface area contributed by atoms with Crippen molar-refractivity contribution in [2.24, 2.45) is 5.92 Å². The first-order valence-corrected chi connectivity index (χ1v) is 9.65. The van der Waals surface area contributed by atoms with Gasteiger partial charge in [-0.2, -0.15) is 0 Å². The second kappa shape index (κ2) is 7.72. The van der Waals surface area contributed by atoms with Crippen molar-refractivity contribution < 1.29 is 18.7 Å². The van der Waals surface area contributed by atoms with E-state index in [1.54, 1.807) is 4.90 Å². The Hall–Kier alpha value is -2.35. The number of thiazole rings is 1. The second-order valence-corrected chi connectivity index (χ2v) is 8.50. The van der Waals surface area contributed by atoms with E-state index >= 15 is 0 Å². The lowest BCUT2D eigenvalue weighted by Crippen LogP contribution is -2.43. The molecule has 2 aromatic rings. The van der Waals surface area contributed by atoms with Crippen LogP contribution in [0.3, 0.4) is 0 Å². The molecule has 0 unspecified atom stereocenters. The summed E-state index contributed by atoms with van der Waals surface area (Å²) in [4.78, 5) is 35.2. The van der Waals surface area contributed by atoms with Gasteiger partial charge in [0, 0.05) is 31.4 Å². The van der Waals surface area contributed by atoms with Gasteiger partial charge in [0.25, 0.3) is 0 Å². The molecule has 3 heterocycles. The minimum atomic E-state index is -0.540. The summed E-state index contributed by atoms with van der Waals surface area (Å²) in [5, 5.41) is 0.353. The van der Waals surface area contributed by atoms with Crippen LogP contribution < -0.4 is 0 Å². The average Bonchev–Trinajstić information content (AvgIpc) is 3.10. The van der Waals surface area contributed by atoms with Crippen LogP contribution in [0.15, 0.2) is 24.5 Å². The molecule has 2 aromatic heterocycles. The maximum atomic E-state index is 13.9. The number of hydrogen-bond donors (Lipinski definition) is 0. The van der Waals surface area contributed by atoms with E-state index in [1.165, 1.54) is 24.5 Å². The van der Waals surface area contributed by atoms with Crippen molar-refractivity contribution in [2.45, 2.75) is 39.2 Å². The molecule has 6 nitrogen and oxygen atoms in total. The molecular formula is C19H22FN3O3S. The van der Waals surface area contributed by atoms with Gasteiger partial charge in [-0.25, -0.2) is 14.2 Å². The van der Waals surface area contributed by atoms with Gasteiger partial charge >= 0.3 is 6.09 Å². The van der Waals surface area contributed by atoms with Crippen LogP contribution in [0.1, 0.15) is 43.4 Å². The molecule has 0 aliphatic carbocycles. The van der Waals surface area contributed by atoms with Crippen LogP contribution in [0.5, 0.6) is 0 Å². The highest BCUT2D eigenvalue weighted by atomic mass is 32.1. The maximum absolute atomic E-state index is 13.9. The number of ether oxygens (including phenoxy) is 1. The van der Waals surface area contributed by atoms with Gasteiger partial charge in [-0.1, -0.05) is 0 Å². The summed E-state index contributed by atoms with van der Waals surface area (Å²) in [6.45, 7) is 6.42. The molecule has 0 aromatic carbocycles. The lowest BCUT2D eigenvalue weighted by Gasteiger charge is -2.32. The summed E-state index contributed by atoms with van der Waals surface area (Å²) >= 11 is 1.15. The molecule has 3 rings (SSSR count). The first-order chi connectivity index (χ1) is 12.7. The largest absolute Gasteiger partial charge is 0.444 e. The lowest BCUT2D eigenvalue weighted by atomic mass is 9.93. The zero-order valence-corrected chi connectivity index (χ0v) is 16.4. The van der Waals surface area contributed by atoms with Crippen LogP contribution in [0.25, 0.3) is 10.6 Å². The highest BCUT2D eigenvalue weighted by Gasteiger charge is 2.31. The van der Waals surface area contributed by atoms with Crippen LogP contribution >= 0.6 is 11.3 Å². The Kier molecular flexibility index (Phi) is 5.55. The Balaban J connectivity index is 1.62. The molecule has 144 valence electrons. The maximum Gasteiger partial charge on any atom is 0.410 e. The number of rotatable bonds is 3. The van der Waals surface area contributed by atoms with E-state index in [2.05, 4.69) is 9.97 Å². The first-order valence-electron chi connectivity index (χ1n) is 8.83. The van der Waals surface area contributed by atoms with Crippen molar-refractivity contribution in [2.75, 3.05) is 13.1 Å². The van der Waals surface area contributed by atoms with Crippen molar-refractivity contribution in [3.63, 3.8) is 0 Å². The van der Waals surface area contributed by atoms with Gasteiger partial charge in [-0.05, 0) is 45.7 Å². The van der Waals surface area contributed by atoms with Gasteiger partial charge in [-0.3, -0.25) is 9.78 Å². The van der Waals surface area contributed by atoms with Crippen LogP contribution in [0.2, 0.25) is 0 Å². The van der Waals surface area contributed by atoms with Gasteiger partial charge in [0.2, 0.25) is 0 Å². The SMILES string of the molecule is CC(C)(C)OC(=O)N1CCC(C(=O)c2ncc(-c3ncccc3F)s2)CC1. The number of carbonyl (C=O) groups excluding carboxylic acids is 2. The Morgan fingerprint density at radius 2 is 1.96 bits per heavy atom. The molecule has 0 bridgehead atoms. The predicted octanol–water partition coefficient (Wildman–Crippen LogP) is 4.17. The topological polar surface area (TPSA) is 72.4 Å². The second-order valence-electron chi connectivity index (χ2n) is 7.47. The van der Waals surface area contributed by atoms with Gasteiger partial charge in [0.15, 0.2) is 10.8 Å². The molecule has 0 spiro atoms. The number of Topliss-reactive ketones (excluding diaryl/α,β-unsaturated/α-hetero) is 1. The summed E-state index contributed by atoms with van der Waals surface area (Å²) < 4.78 is 19.2. The number of nitrogens with zero attached hydrogens (tertiary/aromatic N) is 3. The lowest BCUT2D eigenvalue weighted by molar-refractivity contribution is 0.0182. The summed E-state index contributed by atoms with van der Waals surface area (Å²) in [6.07, 6.45) is 3.76. The van der Waals surface area contributed by atoms with Gasteiger partial charge in [0.05, 0.1) is 4.88 Å². The number of pyridine rings is 1. The van der Waals surface area contributed by atoms with E-state index in [0.29, 0.717) is 35.8 Å². The summed E-state index contributed by atoms with van der Waals surface area (Å²) in [5.41, 5.74) is -0.337. The molecule has 0 saturated carbocycles. The molecule has 1 amide bonds. The number of carbonyl (C=O) groups is 2. The number of hydrogen-bond acceptors (Lipinski definition) is 6. The molecular weight excluding hydrogens is 369 g/mol. The zero-order chi connectivity index (χ0) is 19.6. The highest BCUT2D eigenvalue weighted by molar-refractivity contribution is 7.17. The van der Waals surface area contributed by atoms with E-state index in [4.69, 9.17) is 4.74 Å². The summed E-state index contributed by atoms with van der Waals surface area (Å²) in [5.74, 6) is -0.700. The molecule has 27 heavy (non-hydrogen) atoms. The van der Waals surface area contributed by atoms with E-state index in [9.17, 15) is 14.0 Å². The van der Waals surface area contributed by atoms with Crippen LogP contribution in [-0.2, 0) is 4.74 Å². The average molecular weight is 391 g/mol. The van der Waals surface area contributed by atoms with E-state index in [0.717, 1.165) is 11.3 Å². The molecule has 1 aliphatic heterocycles. The molecule has 0 radical (unpaired) electrons. The minimum Gasteiger partial charge on any atom is -0.444 e. The fraction of sp³-hybridized carbons (Fsp3) is 0.474. The Bertz CT molecular complexity index is 839. The standard InChI is InChI=1S/C19H22FN3O3S/c1-19(2,3)26-18(25)23-9-6-12(7-10-23)16(24)17-22-11-14(27-17)15-13(20)5-4-8-21-15/h4-5,8,11-12H,6-7,9-10H2,1-3H3. The molecule has 0 atom stereocenters. The molecule has 1 fully saturated rings. The molecule has 0 N–H and O–H groups in total. The fourth-order valence-corrected chi connectivity index (χ4v) is 3.82. The van der Waals surface area contributed by atoms with Crippen LogP contribution in [-0.4, -0.2) is 45.4 Å². The molecule has 1 aliphatic rings. The molecule has 8 heteroatoms. The van der Waals surface area contributed by atoms with Crippen molar-refractivity contribution in [1.29, 1.82) is 0 Å². The van der Waals surface area contributed by atoms with Crippen molar-refractivity contribution in [3.05, 3.63) is 35.4 Å². The zero-order valence-electron chi connectivity index (χ0n) is 15.6. The summed E-state index contributed by atoms with van der Waals surface area (Å²) in [7, 11) is 0. The quantitative estimate of drug-likeness (QED) is 0.734. The predicted molar refractivity (Wildman–Crippen MR) is 100 cm³/mol. The third kappa shape index (κ3) is 4.68. The smallest absolute Gasteiger partial charge is 0.410 e. The number of piperidine rings is 1. The van der Waals surface area contributed by atoms with Crippen molar-refractivity contribution in [3.8, 4) is 10.6 Å². The monoisotopic (exact) mass is 391 g/mol. The van der Waals surface area contributed by atoms with Crippen LogP contribution in [0, 0.1) is 11.7 Å². The first kappa shape index (κ1) is 19.4. The fourth-order valence-electron chi connectivity index (χ4n) is 2.89. The summed E-state index contributed by atoms with van der Waals surface area (Å²) in [6, 6.07) is 2.85. The van der Waals surface area contributed by atoms with E-state index in [-0.39, 0.29) is 23.5 Å². The number of ketones is 1. The van der Waals surface area contributed by atoms with E-state index < -0.39 is 11.4 Å². The van der Waals surface area contributed by atoms with Gasteiger partial charge in [-0.15, -0.1) is 11.3 Å². The Morgan fingerprint density at radius 3 is 2.59 bits per heavy atom. The van der Waals surface area contributed by atoms with Gasteiger partial charge in [0.1, 0.15) is 17.1 Å². The Labute approximate surface area is 161 Å². The normalized spacial score (nSPS) is 15.6. The number of amides is 1. The molecule has 1 saturated heterocycles. The van der Waals surface area contributed by atoms with E-state index in [1.807, 2.05) is 20.8 Å². The number of aromatic nitrogens is 2. The van der Waals surface area contributed by atoms with Crippen molar-refractivity contribution >= 4 is 23.2 Å². The Morgan fingerprint density at radius 1 is 1.26 bits per heavy atom. The number of likely N-dealkylation sites (tertiary alicyclic amines) is 1. The third-order valence-electron chi connectivity index (χ3n) is 4.23. The number of halogens is 1. The minimum absolute atomic E-state index is 0.0635. The van der Waals surface area contributed by atoms with Gasteiger partial charge < -0.3 is 9.64 Å². The van der Waals surface area contributed by atoms with Crippen molar-refractivity contribution in [1.82, 2.24) is 14.9 Å². The van der Waals surface area contributed by atoms with Crippen LogP contribution in [0.4, 0.5) is 9.18 Å². The third-order valence-corrected chi connectivity index (χ3v) is 5.24.